The molecule has 0 fully saturated rings. The lowest BCUT2D eigenvalue weighted by Gasteiger charge is -2.33. The van der Waals surface area contributed by atoms with Gasteiger partial charge < -0.3 is 14.6 Å². The molecule has 1 aromatic carbocycles. The van der Waals surface area contributed by atoms with Crippen molar-refractivity contribution in [1.29, 1.82) is 0 Å². The van der Waals surface area contributed by atoms with Crippen LogP contribution < -0.4 is 0 Å². The maximum Gasteiger partial charge on any atom is 0.307 e. The van der Waals surface area contributed by atoms with Gasteiger partial charge in [-0.1, -0.05) is 39.0 Å². The van der Waals surface area contributed by atoms with Gasteiger partial charge in [-0.05, 0) is 24.9 Å². The second-order valence-corrected chi connectivity index (χ2v) is 7.20. The van der Waals surface area contributed by atoms with Gasteiger partial charge in [0.2, 0.25) is 0 Å². The SMILES string of the molecule is COC(=O)CC(COC=O)N(C)C(C)c1cccc(C(C)(C)C)c1O. The van der Waals surface area contributed by atoms with Gasteiger partial charge in [-0.15, -0.1) is 0 Å². The lowest BCUT2D eigenvalue weighted by molar-refractivity contribution is -0.144. The van der Waals surface area contributed by atoms with Crippen molar-refractivity contribution < 1.29 is 24.2 Å². The van der Waals surface area contributed by atoms with Gasteiger partial charge >= 0.3 is 5.97 Å². The van der Waals surface area contributed by atoms with E-state index in [0.29, 0.717) is 6.47 Å². The van der Waals surface area contributed by atoms with Crippen molar-refractivity contribution in [3.8, 4) is 5.75 Å². The Morgan fingerprint density at radius 1 is 1.36 bits per heavy atom. The largest absolute Gasteiger partial charge is 0.507 e. The summed E-state index contributed by atoms with van der Waals surface area (Å²) in [7, 11) is 3.15. The zero-order valence-corrected chi connectivity index (χ0v) is 15.9. The molecule has 0 amide bonds. The van der Waals surface area contributed by atoms with Crippen molar-refractivity contribution >= 4 is 12.4 Å². The van der Waals surface area contributed by atoms with Crippen LogP contribution in [-0.2, 0) is 24.5 Å². The Labute approximate surface area is 149 Å². The van der Waals surface area contributed by atoms with Gasteiger partial charge in [0.1, 0.15) is 12.4 Å². The smallest absolute Gasteiger partial charge is 0.307 e. The van der Waals surface area contributed by atoms with Crippen molar-refractivity contribution in [3.05, 3.63) is 29.3 Å². The first-order valence-corrected chi connectivity index (χ1v) is 8.29. The third kappa shape index (κ3) is 5.46. The molecule has 0 aromatic heterocycles. The molecule has 1 N–H and O–H groups in total. The quantitative estimate of drug-likeness (QED) is 0.573. The number of phenolic OH excluding ortho intramolecular Hbond substituents is 1. The third-order valence-electron chi connectivity index (χ3n) is 4.50. The predicted octanol–water partition coefficient (Wildman–Crippen LogP) is 2.79. The number of para-hydroxylation sites is 1. The summed E-state index contributed by atoms with van der Waals surface area (Å²) in [4.78, 5) is 24.1. The molecule has 0 saturated carbocycles. The van der Waals surface area contributed by atoms with Gasteiger partial charge in [0.25, 0.3) is 6.47 Å². The molecule has 0 saturated heterocycles. The van der Waals surface area contributed by atoms with Gasteiger partial charge in [0.05, 0.1) is 19.6 Å². The van der Waals surface area contributed by atoms with Crippen LogP contribution in [0.4, 0.5) is 0 Å². The minimum absolute atomic E-state index is 0.0686. The number of phenols is 1. The summed E-state index contributed by atoms with van der Waals surface area (Å²) in [6.07, 6.45) is 0.0882. The molecular formula is C19H29NO5. The van der Waals surface area contributed by atoms with Crippen LogP contribution in [0.25, 0.3) is 0 Å². The molecule has 25 heavy (non-hydrogen) atoms. The number of carbonyl (C=O) groups excluding carboxylic acids is 2. The zero-order valence-electron chi connectivity index (χ0n) is 15.9. The number of nitrogens with zero attached hydrogens (tertiary/aromatic N) is 1. The molecule has 6 nitrogen and oxygen atoms in total. The Balaban J connectivity index is 3.11. The second-order valence-electron chi connectivity index (χ2n) is 7.20. The number of benzene rings is 1. The molecule has 140 valence electrons. The van der Waals surface area contributed by atoms with Gasteiger partial charge in [0.15, 0.2) is 0 Å². The van der Waals surface area contributed by atoms with Crippen LogP contribution in [0.1, 0.15) is 51.3 Å². The fraction of sp³-hybridized carbons (Fsp3) is 0.579. The maximum absolute atomic E-state index is 11.7. The fourth-order valence-corrected chi connectivity index (χ4v) is 2.79. The zero-order chi connectivity index (χ0) is 19.2. The minimum Gasteiger partial charge on any atom is -0.507 e. The number of ether oxygens (including phenoxy) is 2. The van der Waals surface area contributed by atoms with Crippen LogP contribution >= 0.6 is 0 Å². The molecule has 0 radical (unpaired) electrons. The van der Waals surface area contributed by atoms with Gasteiger partial charge in [-0.2, -0.15) is 0 Å². The molecule has 0 heterocycles. The molecule has 0 aliphatic rings. The van der Waals surface area contributed by atoms with Crippen molar-refractivity contribution in [3.63, 3.8) is 0 Å². The average molecular weight is 351 g/mol. The first kappa shape index (κ1) is 21.0. The van der Waals surface area contributed by atoms with Crippen LogP contribution in [0.2, 0.25) is 0 Å². The van der Waals surface area contributed by atoms with Gasteiger partial charge in [-0.3, -0.25) is 14.5 Å². The highest BCUT2D eigenvalue weighted by Gasteiger charge is 2.28. The highest BCUT2D eigenvalue weighted by molar-refractivity contribution is 5.70. The predicted molar refractivity (Wildman–Crippen MR) is 95.4 cm³/mol. The molecule has 2 atom stereocenters. The number of aromatic hydroxyl groups is 1. The summed E-state index contributed by atoms with van der Waals surface area (Å²) < 4.78 is 9.59. The lowest BCUT2D eigenvalue weighted by Crippen LogP contribution is -2.39. The summed E-state index contributed by atoms with van der Waals surface area (Å²) in [6, 6.07) is 5.14. The van der Waals surface area contributed by atoms with Crippen LogP contribution in [0.15, 0.2) is 18.2 Å². The molecule has 0 bridgehead atoms. The van der Waals surface area contributed by atoms with Gasteiger partial charge in [0, 0.05) is 11.6 Å². The third-order valence-corrected chi connectivity index (χ3v) is 4.50. The van der Waals surface area contributed by atoms with Crippen LogP contribution in [-0.4, -0.2) is 49.3 Å². The monoisotopic (exact) mass is 351 g/mol. The molecule has 0 aliphatic heterocycles. The van der Waals surface area contributed by atoms with Crippen LogP contribution in [0.5, 0.6) is 5.75 Å². The normalized spacial score (nSPS) is 14.0. The minimum atomic E-state index is -0.383. The number of methoxy groups -OCH3 is 1. The van der Waals surface area contributed by atoms with E-state index in [2.05, 4.69) is 0 Å². The molecule has 0 aliphatic carbocycles. The molecule has 1 aromatic rings. The number of esters is 1. The van der Waals surface area contributed by atoms with E-state index in [4.69, 9.17) is 9.47 Å². The molecule has 0 spiro atoms. The van der Waals surface area contributed by atoms with Crippen LogP contribution in [0, 0.1) is 0 Å². The lowest BCUT2D eigenvalue weighted by atomic mass is 9.84. The number of likely N-dealkylation sites (N-methyl/N-ethyl adjacent to an activating group) is 1. The van der Waals surface area contributed by atoms with E-state index in [-0.39, 0.29) is 42.2 Å². The number of hydrogen-bond acceptors (Lipinski definition) is 6. The summed E-state index contributed by atoms with van der Waals surface area (Å²) in [5.74, 6) is -0.131. The molecule has 2 unspecified atom stereocenters. The Morgan fingerprint density at radius 3 is 2.52 bits per heavy atom. The summed E-state index contributed by atoms with van der Waals surface area (Å²) in [6.45, 7) is 8.49. The Kier molecular flexibility index (Phi) is 7.42. The summed E-state index contributed by atoms with van der Waals surface area (Å²) in [5, 5.41) is 10.7. The van der Waals surface area contributed by atoms with E-state index in [1.165, 1.54) is 7.11 Å². The van der Waals surface area contributed by atoms with Crippen molar-refractivity contribution in [2.45, 2.75) is 51.6 Å². The standard InChI is InChI=1S/C19H29NO5/c1-13(15-8-7-9-16(18(15)23)19(2,3)4)20(5)14(11-25-12-21)10-17(22)24-6/h7-9,12-14,23H,10-11H2,1-6H3. The molecular weight excluding hydrogens is 322 g/mol. The Morgan fingerprint density at radius 2 is 2.00 bits per heavy atom. The molecule has 1 rings (SSSR count). The number of carbonyl (C=O) groups is 2. The highest BCUT2D eigenvalue weighted by Crippen LogP contribution is 2.37. The van der Waals surface area contributed by atoms with Crippen LogP contribution in [0.3, 0.4) is 0 Å². The number of rotatable bonds is 8. The van der Waals surface area contributed by atoms with E-state index in [9.17, 15) is 14.7 Å². The highest BCUT2D eigenvalue weighted by atomic mass is 16.5. The number of hydrogen-bond donors (Lipinski definition) is 1. The van der Waals surface area contributed by atoms with Crippen molar-refractivity contribution in [2.75, 3.05) is 20.8 Å². The summed E-state index contributed by atoms with van der Waals surface area (Å²) >= 11 is 0. The average Bonchev–Trinajstić information content (AvgIpc) is 2.56. The Hall–Kier alpha value is -2.08. The summed E-state index contributed by atoms with van der Waals surface area (Å²) in [5.41, 5.74) is 1.43. The fourth-order valence-electron chi connectivity index (χ4n) is 2.79. The first-order chi connectivity index (χ1) is 11.6. The second kappa shape index (κ2) is 8.85. The van der Waals surface area contributed by atoms with Crippen molar-refractivity contribution in [1.82, 2.24) is 4.90 Å². The van der Waals surface area contributed by atoms with Gasteiger partial charge in [-0.25, -0.2) is 0 Å². The topological polar surface area (TPSA) is 76.1 Å². The first-order valence-electron chi connectivity index (χ1n) is 8.29. The van der Waals surface area contributed by atoms with E-state index in [1.807, 2.05) is 57.8 Å². The maximum atomic E-state index is 11.7. The Bertz CT molecular complexity index is 594. The van der Waals surface area contributed by atoms with E-state index in [1.54, 1.807) is 0 Å². The molecule has 6 heteroatoms. The van der Waals surface area contributed by atoms with E-state index < -0.39 is 0 Å². The van der Waals surface area contributed by atoms with E-state index >= 15 is 0 Å². The van der Waals surface area contributed by atoms with Crippen molar-refractivity contribution in [2.24, 2.45) is 0 Å². The van der Waals surface area contributed by atoms with E-state index in [0.717, 1.165) is 11.1 Å².